The van der Waals surface area contributed by atoms with Crippen molar-refractivity contribution in [1.82, 2.24) is 5.32 Å². The van der Waals surface area contributed by atoms with Crippen LogP contribution in [0.15, 0.2) is 24.3 Å². The number of amides is 1. The van der Waals surface area contributed by atoms with E-state index in [2.05, 4.69) is 43.5 Å². The number of hydrogen-bond donors (Lipinski definition) is 3. The Labute approximate surface area is 399 Å². The first-order valence-electron chi connectivity index (χ1n) is 28.6. The van der Waals surface area contributed by atoms with Crippen molar-refractivity contribution in [3.8, 4) is 0 Å². The third kappa shape index (κ3) is 49.8. The van der Waals surface area contributed by atoms with Crippen LogP contribution < -0.4 is 5.32 Å². The average molecular weight is 903 g/mol. The van der Waals surface area contributed by atoms with E-state index in [1.54, 1.807) is 0 Å². The summed E-state index contributed by atoms with van der Waals surface area (Å²) in [5, 5.41) is 23.1. The Bertz CT molecular complexity index is 997. The van der Waals surface area contributed by atoms with Gasteiger partial charge in [-0.05, 0) is 51.4 Å². The van der Waals surface area contributed by atoms with Crippen molar-refractivity contribution < 1.29 is 24.5 Å². The number of aliphatic hydroxyl groups excluding tert-OH is 2. The number of aliphatic hydroxyl groups is 2. The fourth-order valence-electron chi connectivity index (χ4n) is 8.83. The van der Waals surface area contributed by atoms with Crippen LogP contribution >= 0.6 is 0 Å². The summed E-state index contributed by atoms with van der Waals surface area (Å²) in [6.07, 6.45) is 64.6. The van der Waals surface area contributed by atoms with Crippen LogP contribution in [0, 0.1) is 0 Å². The number of ether oxygens (including phenoxy) is 1. The highest BCUT2D eigenvalue weighted by molar-refractivity contribution is 5.76. The molecule has 0 aromatic heterocycles. The van der Waals surface area contributed by atoms with Gasteiger partial charge >= 0.3 is 5.97 Å². The van der Waals surface area contributed by atoms with E-state index >= 15 is 0 Å². The number of hydrogen-bond acceptors (Lipinski definition) is 5. The van der Waals surface area contributed by atoms with Crippen LogP contribution in [0.1, 0.15) is 309 Å². The third-order valence-electron chi connectivity index (χ3n) is 13.3. The van der Waals surface area contributed by atoms with Gasteiger partial charge in [-0.25, -0.2) is 0 Å². The number of esters is 1. The van der Waals surface area contributed by atoms with Gasteiger partial charge in [-0.3, -0.25) is 9.59 Å². The summed E-state index contributed by atoms with van der Waals surface area (Å²) in [6, 6.07) is -0.539. The van der Waals surface area contributed by atoms with Gasteiger partial charge in [0.05, 0.1) is 25.4 Å². The highest BCUT2D eigenvalue weighted by Crippen LogP contribution is 2.17. The number of nitrogens with one attached hydrogen (secondary N) is 1. The van der Waals surface area contributed by atoms with Gasteiger partial charge in [-0.1, -0.05) is 269 Å². The predicted octanol–water partition coefficient (Wildman–Crippen LogP) is 17.5. The molecule has 0 radical (unpaired) electrons. The van der Waals surface area contributed by atoms with E-state index in [9.17, 15) is 19.8 Å². The van der Waals surface area contributed by atoms with Gasteiger partial charge in [0, 0.05) is 12.8 Å². The summed E-state index contributed by atoms with van der Waals surface area (Å²) in [5.41, 5.74) is 0. The molecular formula is C58H111NO5. The fourth-order valence-corrected chi connectivity index (χ4v) is 8.83. The second-order valence-electron chi connectivity index (χ2n) is 19.6. The topological polar surface area (TPSA) is 95.9 Å². The Morgan fingerprint density at radius 1 is 0.438 bits per heavy atom. The lowest BCUT2D eigenvalue weighted by Gasteiger charge is -2.22. The zero-order valence-electron chi connectivity index (χ0n) is 43.0. The third-order valence-corrected chi connectivity index (χ3v) is 13.3. The van der Waals surface area contributed by atoms with Crippen molar-refractivity contribution in [2.24, 2.45) is 0 Å². The molecule has 0 aliphatic rings. The smallest absolute Gasteiger partial charge is 0.305 e. The van der Waals surface area contributed by atoms with Gasteiger partial charge in [0.15, 0.2) is 0 Å². The second kappa shape index (κ2) is 54.0. The number of unbranched alkanes of at least 4 members (excludes halogenated alkanes) is 38. The van der Waals surface area contributed by atoms with Crippen molar-refractivity contribution in [3.63, 3.8) is 0 Å². The second-order valence-corrected chi connectivity index (χ2v) is 19.6. The van der Waals surface area contributed by atoms with Crippen molar-refractivity contribution in [1.29, 1.82) is 0 Å². The first-order chi connectivity index (χ1) is 31.5. The van der Waals surface area contributed by atoms with Crippen molar-refractivity contribution in [2.75, 3.05) is 13.2 Å². The van der Waals surface area contributed by atoms with E-state index in [0.717, 1.165) is 51.4 Å². The van der Waals surface area contributed by atoms with Gasteiger partial charge in [-0.15, -0.1) is 0 Å². The zero-order valence-corrected chi connectivity index (χ0v) is 43.0. The minimum atomic E-state index is -0.661. The zero-order chi connectivity index (χ0) is 46.5. The van der Waals surface area contributed by atoms with Gasteiger partial charge in [0.1, 0.15) is 0 Å². The van der Waals surface area contributed by atoms with Crippen LogP contribution in [0.3, 0.4) is 0 Å². The summed E-state index contributed by atoms with van der Waals surface area (Å²) >= 11 is 0. The van der Waals surface area contributed by atoms with Crippen molar-refractivity contribution in [2.45, 2.75) is 321 Å². The van der Waals surface area contributed by atoms with E-state index < -0.39 is 12.1 Å². The molecule has 0 aliphatic carbocycles. The molecule has 0 aliphatic heterocycles. The summed E-state index contributed by atoms with van der Waals surface area (Å²) in [6.45, 7) is 4.90. The van der Waals surface area contributed by atoms with Crippen LogP contribution in [-0.2, 0) is 14.3 Å². The molecule has 3 N–H and O–H groups in total. The van der Waals surface area contributed by atoms with Crippen LogP contribution in [0.5, 0.6) is 0 Å². The molecule has 0 spiro atoms. The predicted molar refractivity (Wildman–Crippen MR) is 278 cm³/mol. The lowest BCUT2D eigenvalue weighted by Crippen LogP contribution is -2.45. The van der Waals surface area contributed by atoms with Crippen molar-refractivity contribution in [3.05, 3.63) is 24.3 Å². The van der Waals surface area contributed by atoms with Gasteiger partial charge in [-0.2, -0.15) is 0 Å². The maximum Gasteiger partial charge on any atom is 0.305 e. The summed E-state index contributed by atoms with van der Waals surface area (Å²) < 4.78 is 5.47. The normalized spacial score (nSPS) is 12.8. The van der Waals surface area contributed by atoms with Crippen LogP contribution in [-0.4, -0.2) is 47.4 Å². The van der Waals surface area contributed by atoms with E-state index in [1.807, 2.05) is 0 Å². The lowest BCUT2D eigenvalue weighted by molar-refractivity contribution is -0.143. The summed E-state index contributed by atoms with van der Waals surface area (Å²) in [7, 11) is 0. The molecule has 2 unspecified atom stereocenters. The summed E-state index contributed by atoms with van der Waals surface area (Å²) in [4.78, 5) is 24.4. The summed E-state index contributed by atoms with van der Waals surface area (Å²) in [5.74, 6) is -0.0361. The maximum atomic E-state index is 12.4. The van der Waals surface area contributed by atoms with Crippen molar-refractivity contribution >= 4 is 11.9 Å². The number of carbonyl (C=O) groups is 2. The minimum absolute atomic E-state index is 0.000320. The van der Waals surface area contributed by atoms with Crippen LogP contribution in [0.2, 0.25) is 0 Å². The van der Waals surface area contributed by atoms with E-state index in [0.29, 0.717) is 25.9 Å². The highest BCUT2D eigenvalue weighted by atomic mass is 16.5. The largest absolute Gasteiger partial charge is 0.466 e. The van der Waals surface area contributed by atoms with Gasteiger partial charge < -0.3 is 20.3 Å². The average Bonchev–Trinajstić information content (AvgIpc) is 3.29. The molecule has 0 bridgehead atoms. The van der Waals surface area contributed by atoms with E-state index in [1.165, 1.54) is 225 Å². The van der Waals surface area contributed by atoms with Gasteiger partial charge in [0.25, 0.3) is 0 Å². The Morgan fingerprint density at radius 3 is 1.23 bits per heavy atom. The molecule has 0 aromatic carbocycles. The number of carbonyl (C=O) groups excluding carboxylic acids is 2. The highest BCUT2D eigenvalue weighted by Gasteiger charge is 2.20. The first kappa shape index (κ1) is 62.3. The Balaban J connectivity index is 3.35. The minimum Gasteiger partial charge on any atom is -0.466 e. The first-order valence-corrected chi connectivity index (χ1v) is 28.6. The molecule has 0 fully saturated rings. The van der Waals surface area contributed by atoms with Crippen LogP contribution in [0.25, 0.3) is 0 Å². The molecule has 378 valence electrons. The molecule has 0 heterocycles. The maximum absolute atomic E-state index is 12.4. The number of allylic oxidation sites excluding steroid dienone is 4. The monoisotopic (exact) mass is 902 g/mol. The molecule has 1 amide bonds. The standard InChI is InChI=1S/C58H111NO5/c1-3-5-7-9-11-13-15-16-29-32-36-40-44-48-52-58(63)64-53-49-45-41-37-33-30-27-25-23-21-19-17-18-20-22-24-26-28-31-35-39-43-47-51-57(62)59-55(54-60)56(61)50-46-42-38-34-14-12-10-8-6-4-2/h9,11,15-16,55-56,60-61H,3-8,10,12-14,17-54H2,1-2H3,(H,59,62)/b11-9-,16-15-. The quantitative estimate of drug-likeness (QED) is 0.0321. The van der Waals surface area contributed by atoms with Crippen LogP contribution in [0.4, 0.5) is 0 Å². The lowest BCUT2D eigenvalue weighted by atomic mass is 10.0. The molecule has 0 saturated heterocycles. The molecule has 0 aromatic rings. The van der Waals surface area contributed by atoms with E-state index in [-0.39, 0.29) is 18.5 Å². The van der Waals surface area contributed by atoms with E-state index in [4.69, 9.17) is 4.74 Å². The molecule has 6 heteroatoms. The molecule has 6 nitrogen and oxygen atoms in total. The Kier molecular flexibility index (Phi) is 52.6. The molecule has 0 saturated carbocycles. The van der Waals surface area contributed by atoms with Gasteiger partial charge in [0.2, 0.25) is 5.91 Å². The number of rotatable bonds is 53. The molecular weight excluding hydrogens is 791 g/mol. The molecule has 2 atom stereocenters. The Morgan fingerprint density at radius 2 is 0.797 bits per heavy atom. The molecule has 0 rings (SSSR count). The SMILES string of the molecule is CCCC/C=C\C/C=C\CCCCCCCC(=O)OCCCCCCCCCCCCCCCCCCCCCCCCCC(=O)NC(CO)C(O)CCCCCCCCCCCC. The fraction of sp³-hybridized carbons (Fsp3) is 0.897. The molecule has 64 heavy (non-hydrogen) atoms. The Hall–Kier alpha value is -1.66.